The molecule has 0 aromatic heterocycles. The normalized spacial score (nSPS) is 14.9. The van der Waals surface area contributed by atoms with Gasteiger partial charge in [0.1, 0.15) is 0 Å². The van der Waals surface area contributed by atoms with Crippen LogP contribution in [0.4, 0.5) is 17.6 Å². The second-order valence-corrected chi connectivity index (χ2v) is 13.4. The minimum absolute atomic E-state index is 0.0128. The average molecular weight is 449 g/mol. The number of hydrogen-bond acceptors (Lipinski definition) is 7. The van der Waals surface area contributed by atoms with E-state index in [9.17, 15) is 47.6 Å². The predicted octanol–water partition coefficient (Wildman–Crippen LogP) is 0.308. The van der Waals surface area contributed by atoms with Crippen molar-refractivity contribution in [1.29, 1.82) is 0 Å². The lowest BCUT2D eigenvalue weighted by atomic mass is 10.3. The van der Waals surface area contributed by atoms with Crippen LogP contribution in [0.2, 0.25) is 0 Å². The summed E-state index contributed by atoms with van der Waals surface area (Å²) in [6.45, 7) is 0.968. The van der Waals surface area contributed by atoms with Crippen molar-refractivity contribution in [2.75, 3.05) is 19.1 Å². The van der Waals surface area contributed by atoms with E-state index in [2.05, 4.69) is 0 Å². The zero-order chi connectivity index (χ0) is 21.4. The van der Waals surface area contributed by atoms with Gasteiger partial charge >= 0.3 is 11.2 Å². The zero-order valence-electron chi connectivity index (χ0n) is 14.2. The molecule has 0 aromatic rings. The van der Waals surface area contributed by atoms with Crippen molar-refractivity contribution in [3.05, 3.63) is 0 Å². The molecule has 1 N–H and O–H groups in total. The van der Waals surface area contributed by atoms with Gasteiger partial charge in [-0.15, -0.1) is 0 Å². The smallest absolute Gasteiger partial charge is 0.351 e. The van der Waals surface area contributed by atoms with Crippen LogP contribution in [0.15, 0.2) is 0 Å². The number of hydrogen-bond donors (Lipinski definition) is 1. The van der Waals surface area contributed by atoms with Crippen molar-refractivity contribution in [2.24, 2.45) is 0 Å². The first kappa shape index (κ1) is 25.0. The van der Waals surface area contributed by atoms with E-state index < -0.39 is 56.6 Å². The molecule has 0 heterocycles. The molecule has 15 heteroatoms. The van der Waals surface area contributed by atoms with Crippen LogP contribution in [0.25, 0.3) is 0 Å². The Bertz CT molecular complexity index is 831. The maximum atomic E-state index is 14.2. The van der Waals surface area contributed by atoms with E-state index in [-0.39, 0.29) is 25.9 Å². The molecule has 26 heavy (non-hydrogen) atoms. The molecule has 8 nitrogen and oxygen atoms in total. The molecule has 0 spiro atoms. The molecule has 0 aliphatic carbocycles. The first-order chi connectivity index (χ1) is 11.2. The molecule has 0 bridgehead atoms. The van der Waals surface area contributed by atoms with Crippen molar-refractivity contribution >= 4 is 35.4 Å². The quantitative estimate of drug-likeness (QED) is 0.396. The highest BCUT2D eigenvalue weighted by Crippen LogP contribution is 2.47. The van der Waals surface area contributed by atoms with Gasteiger partial charge in [-0.25, -0.2) is 25.3 Å². The zero-order valence-corrected chi connectivity index (χ0v) is 16.7. The van der Waals surface area contributed by atoms with Gasteiger partial charge in [0.2, 0.25) is 0 Å². The van der Waals surface area contributed by atoms with E-state index in [1.165, 1.54) is 5.32 Å². The number of sulfone groups is 3. The van der Waals surface area contributed by atoms with Gasteiger partial charge in [-0.1, -0.05) is 13.3 Å². The van der Waals surface area contributed by atoms with Gasteiger partial charge in [0, 0.05) is 19.1 Å². The molecule has 0 fully saturated rings. The van der Waals surface area contributed by atoms with Crippen LogP contribution in [0, 0.1) is 0 Å². The molecule has 0 rings (SSSR count). The SMILES string of the molecule is CCCCNC(=O)C(F)(F)C(F)(F)S(=O)(=O)C(C)(S(C)(=O)=O)S(C)(=O)=O. The van der Waals surface area contributed by atoms with Gasteiger partial charge in [0.15, 0.2) is 19.7 Å². The van der Waals surface area contributed by atoms with Crippen LogP contribution < -0.4 is 5.32 Å². The molecular weight excluding hydrogens is 430 g/mol. The van der Waals surface area contributed by atoms with E-state index >= 15 is 0 Å². The third kappa shape index (κ3) is 3.69. The topological polar surface area (TPSA) is 132 Å². The molecule has 0 radical (unpaired) electrons. The maximum absolute atomic E-state index is 14.2. The number of carbonyl (C=O) groups is 1. The van der Waals surface area contributed by atoms with Gasteiger partial charge in [0.25, 0.3) is 19.2 Å². The molecular formula is C11H19F4NO7S3. The lowest BCUT2D eigenvalue weighted by Crippen LogP contribution is -2.64. The summed E-state index contributed by atoms with van der Waals surface area (Å²) in [5.74, 6) is -8.60. The Morgan fingerprint density at radius 1 is 0.923 bits per heavy atom. The number of amides is 1. The number of unbranched alkanes of at least 4 members (excludes halogenated alkanes) is 1. The van der Waals surface area contributed by atoms with Crippen molar-refractivity contribution in [3.8, 4) is 0 Å². The van der Waals surface area contributed by atoms with Gasteiger partial charge in [-0.3, -0.25) is 4.79 Å². The molecule has 0 atom stereocenters. The Hall–Kier alpha value is -0.960. The monoisotopic (exact) mass is 449 g/mol. The second kappa shape index (κ2) is 7.22. The Morgan fingerprint density at radius 2 is 1.31 bits per heavy atom. The number of nitrogens with one attached hydrogen (secondary N) is 1. The van der Waals surface area contributed by atoms with Gasteiger partial charge < -0.3 is 5.32 Å². The lowest BCUT2D eigenvalue weighted by Gasteiger charge is -2.32. The number of alkyl halides is 4. The summed E-state index contributed by atoms with van der Waals surface area (Å²) in [6, 6.07) is 0. The molecule has 0 saturated carbocycles. The minimum Gasteiger partial charge on any atom is -0.351 e. The highest BCUT2D eigenvalue weighted by molar-refractivity contribution is 8.25. The van der Waals surface area contributed by atoms with E-state index in [1.54, 1.807) is 6.92 Å². The fourth-order valence-corrected chi connectivity index (χ4v) is 8.61. The number of rotatable bonds is 9. The van der Waals surface area contributed by atoms with Crippen molar-refractivity contribution in [2.45, 2.75) is 41.3 Å². The average Bonchev–Trinajstić information content (AvgIpc) is 2.43. The molecule has 0 unspecified atom stereocenters. The second-order valence-electron chi connectivity index (χ2n) is 5.61. The minimum atomic E-state index is -6.97. The largest absolute Gasteiger partial charge is 0.419 e. The fourth-order valence-electron chi connectivity index (χ4n) is 1.70. The first-order valence-corrected chi connectivity index (χ1v) is 12.2. The number of carbonyl (C=O) groups excluding carboxylic acids is 1. The molecule has 0 aliphatic heterocycles. The molecule has 0 saturated heterocycles. The van der Waals surface area contributed by atoms with Crippen LogP contribution in [-0.2, 0) is 34.3 Å². The summed E-state index contributed by atoms with van der Waals surface area (Å²) in [4.78, 5) is 11.4. The molecule has 1 amide bonds. The summed E-state index contributed by atoms with van der Waals surface area (Å²) in [6.07, 6.45) is 0.480. The van der Waals surface area contributed by atoms with E-state index in [0.29, 0.717) is 6.42 Å². The Balaban J connectivity index is 6.54. The van der Waals surface area contributed by atoms with E-state index in [1.807, 2.05) is 0 Å². The van der Waals surface area contributed by atoms with Crippen LogP contribution in [0.5, 0.6) is 0 Å². The van der Waals surface area contributed by atoms with Crippen LogP contribution in [0.1, 0.15) is 26.7 Å². The summed E-state index contributed by atoms with van der Waals surface area (Å²) in [5.41, 5.74) is 0. The molecule has 156 valence electrons. The Kier molecular flexibility index (Phi) is 6.95. The van der Waals surface area contributed by atoms with Crippen LogP contribution in [0.3, 0.4) is 0 Å². The highest BCUT2D eigenvalue weighted by atomic mass is 32.3. The van der Waals surface area contributed by atoms with Crippen molar-refractivity contribution in [3.63, 3.8) is 0 Å². The Labute approximate surface area is 149 Å². The van der Waals surface area contributed by atoms with Crippen molar-refractivity contribution in [1.82, 2.24) is 5.32 Å². The van der Waals surface area contributed by atoms with Gasteiger partial charge in [0.05, 0.1) is 0 Å². The summed E-state index contributed by atoms with van der Waals surface area (Å²) in [7, 11) is -17.8. The first-order valence-electron chi connectivity index (χ1n) is 6.90. The predicted molar refractivity (Wildman–Crippen MR) is 84.8 cm³/mol. The molecule has 0 aliphatic rings. The summed E-state index contributed by atoms with van der Waals surface area (Å²) < 4.78 is 123. The van der Waals surface area contributed by atoms with Gasteiger partial charge in [-0.2, -0.15) is 17.6 Å². The Morgan fingerprint density at radius 3 is 1.62 bits per heavy atom. The standard InChI is InChI=1S/C11H19F4NO7S3/c1-5-6-7-16-8(17)10(12,13)11(14,15)26(22,23)9(2,24(3,18)19)25(4,20)21/h5-7H2,1-4H3,(H,16,17). The fraction of sp³-hybridized carbons (Fsp3) is 0.909. The van der Waals surface area contributed by atoms with Crippen LogP contribution in [-0.4, -0.2) is 64.8 Å². The highest BCUT2D eigenvalue weighted by Gasteiger charge is 2.77. The third-order valence-electron chi connectivity index (χ3n) is 3.64. The van der Waals surface area contributed by atoms with Crippen molar-refractivity contribution < 1.29 is 47.6 Å². The maximum Gasteiger partial charge on any atom is 0.419 e. The van der Waals surface area contributed by atoms with Gasteiger partial charge in [-0.05, 0) is 13.3 Å². The summed E-state index contributed by atoms with van der Waals surface area (Å²) in [5, 5.41) is -4.92. The van der Waals surface area contributed by atoms with Crippen LogP contribution >= 0.6 is 0 Å². The molecule has 0 aromatic carbocycles. The van der Waals surface area contributed by atoms with E-state index in [0.717, 1.165) is 0 Å². The van der Waals surface area contributed by atoms with E-state index in [4.69, 9.17) is 0 Å². The third-order valence-corrected chi connectivity index (χ3v) is 13.2. The summed E-state index contributed by atoms with van der Waals surface area (Å²) >= 11 is 0. The lowest BCUT2D eigenvalue weighted by molar-refractivity contribution is -0.180. The number of halogens is 4.